The number of nitrogens with zero attached hydrogens (tertiary/aromatic N) is 2. The van der Waals surface area contributed by atoms with Crippen molar-refractivity contribution in [3.8, 4) is 0 Å². The summed E-state index contributed by atoms with van der Waals surface area (Å²) in [6.45, 7) is 4.51. The molecule has 0 amide bonds. The van der Waals surface area contributed by atoms with Crippen LogP contribution < -0.4 is 0 Å². The number of carbonyl (C=O) groups excluding carboxylic acids is 1. The molecule has 4 atom stereocenters. The number of carbonyl (C=O) groups is 1. The minimum Gasteiger partial charge on any atom is -0.465 e. The highest BCUT2D eigenvalue weighted by molar-refractivity contribution is 5.91. The summed E-state index contributed by atoms with van der Waals surface area (Å²) in [6, 6.07) is 8.83. The van der Waals surface area contributed by atoms with Gasteiger partial charge in [0, 0.05) is 23.0 Å². The second-order valence-electron chi connectivity index (χ2n) is 8.28. The Morgan fingerprint density at radius 2 is 2.19 bits per heavy atom. The number of hydrogen-bond acceptors (Lipinski definition) is 4. The molecule has 0 spiro atoms. The van der Waals surface area contributed by atoms with Gasteiger partial charge in [-0.15, -0.1) is 0 Å². The van der Waals surface area contributed by atoms with Crippen molar-refractivity contribution in [3.63, 3.8) is 0 Å². The summed E-state index contributed by atoms with van der Waals surface area (Å²) in [7, 11) is 1.48. The van der Waals surface area contributed by atoms with Gasteiger partial charge in [-0.05, 0) is 43.9 Å². The number of piperidine rings is 1. The van der Waals surface area contributed by atoms with Crippen LogP contribution in [0.15, 0.2) is 24.3 Å². The molecule has 26 heavy (non-hydrogen) atoms. The molecule has 0 radical (unpaired) electrons. The summed E-state index contributed by atoms with van der Waals surface area (Å²) in [5, 5.41) is 1.28. The van der Waals surface area contributed by atoms with Gasteiger partial charge < -0.3 is 14.0 Å². The van der Waals surface area contributed by atoms with Crippen LogP contribution in [0.4, 0.5) is 0 Å². The Hall–Kier alpha value is -1.85. The zero-order chi connectivity index (χ0) is 17.7. The van der Waals surface area contributed by atoms with Gasteiger partial charge in [-0.25, -0.2) is 4.79 Å². The van der Waals surface area contributed by atoms with Crippen molar-refractivity contribution >= 4 is 16.9 Å². The van der Waals surface area contributed by atoms with E-state index in [1.54, 1.807) is 0 Å². The maximum absolute atomic E-state index is 13.0. The number of methoxy groups -OCH3 is 1. The Balaban J connectivity index is 1.75. The van der Waals surface area contributed by atoms with Crippen LogP contribution >= 0.6 is 0 Å². The summed E-state index contributed by atoms with van der Waals surface area (Å²) < 4.78 is 13.8. The minimum absolute atomic E-state index is 0.00594. The van der Waals surface area contributed by atoms with Gasteiger partial charge in [0.2, 0.25) is 0 Å². The first-order valence-electron chi connectivity index (χ1n) is 9.82. The maximum atomic E-state index is 13.0. The number of aromatic nitrogens is 1. The zero-order valence-electron chi connectivity index (χ0n) is 15.3. The molecule has 4 aliphatic heterocycles. The molecule has 2 fully saturated rings. The largest absolute Gasteiger partial charge is 0.465 e. The van der Waals surface area contributed by atoms with Crippen LogP contribution in [0, 0.1) is 5.41 Å². The molecular formula is C21H24N2O3. The summed E-state index contributed by atoms with van der Waals surface area (Å²) in [4.78, 5) is 15.6. The molecule has 6 rings (SSSR count). The fraction of sp³-hybridized carbons (Fsp3) is 0.571. The standard InChI is InChI=1S/C21H24N2O3/c1-3-20-10-6-11-22-12-9-14-13-7-4-5-8-15(13)23(16(14)17(20)22)21(18(20)26-21)19(24)25-2/h4-5,7-8,17-18H,3,6,9-12H2,1-2H3/t17-,18-,20-,21+/m1/s1. The molecule has 1 aromatic carbocycles. The molecule has 0 N–H and O–H groups in total. The van der Waals surface area contributed by atoms with Crippen LogP contribution in [0.5, 0.6) is 0 Å². The number of rotatable bonds is 2. The van der Waals surface area contributed by atoms with E-state index in [0.717, 1.165) is 37.9 Å². The Morgan fingerprint density at radius 1 is 1.35 bits per heavy atom. The van der Waals surface area contributed by atoms with E-state index >= 15 is 0 Å². The Kier molecular flexibility index (Phi) is 2.75. The van der Waals surface area contributed by atoms with E-state index in [4.69, 9.17) is 9.47 Å². The van der Waals surface area contributed by atoms with E-state index in [2.05, 4.69) is 40.7 Å². The first-order valence-corrected chi connectivity index (χ1v) is 9.82. The molecule has 2 saturated heterocycles. The molecule has 2 aromatic rings. The normalized spacial score (nSPS) is 37.2. The molecule has 0 unspecified atom stereocenters. The van der Waals surface area contributed by atoms with Crippen molar-refractivity contribution in [1.29, 1.82) is 0 Å². The second kappa shape index (κ2) is 4.70. The third-order valence-corrected chi connectivity index (χ3v) is 7.51. The fourth-order valence-electron chi connectivity index (χ4n) is 6.46. The monoisotopic (exact) mass is 352 g/mol. The first-order chi connectivity index (χ1) is 12.7. The smallest absolute Gasteiger partial charge is 0.363 e. The molecule has 5 nitrogen and oxygen atoms in total. The SMILES string of the molecule is CC[C@]12CCCN3CCc4c(n(c5ccccc45)[C@]4(C(=O)OC)O[C@H]14)[C@@H]32. The number of epoxide rings is 1. The van der Waals surface area contributed by atoms with Crippen molar-refractivity contribution < 1.29 is 14.3 Å². The molecule has 5 heterocycles. The summed E-state index contributed by atoms with van der Waals surface area (Å²) in [5.74, 6) is -0.250. The second-order valence-corrected chi connectivity index (χ2v) is 8.28. The lowest BCUT2D eigenvalue weighted by Crippen LogP contribution is -2.57. The van der Waals surface area contributed by atoms with Crippen molar-refractivity contribution in [1.82, 2.24) is 9.47 Å². The highest BCUT2D eigenvalue weighted by Gasteiger charge is 2.78. The van der Waals surface area contributed by atoms with Crippen LogP contribution in [0.3, 0.4) is 0 Å². The number of ether oxygens (including phenoxy) is 2. The average Bonchev–Trinajstić information content (AvgIpc) is 3.37. The Bertz CT molecular complexity index is 950. The van der Waals surface area contributed by atoms with Crippen LogP contribution in [-0.4, -0.2) is 41.7 Å². The fourth-order valence-corrected chi connectivity index (χ4v) is 6.46. The van der Waals surface area contributed by atoms with Crippen LogP contribution in [0.25, 0.3) is 10.9 Å². The zero-order valence-corrected chi connectivity index (χ0v) is 15.3. The van der Waals surface area contributed by atoms with E-state index < -0.39 is 5.72 Å². The van der Waals surface area contributed by atoms with Gasteiger partial charge in [0.05, 0.1) is 18.7 Å². The Morgan fingerprint density at radius 3 is 3.00 bits per heavy atom. The highest BCUT2D eigenvalue weighted by atomic mass is 16.7. The number of para-hydroxylation sites is 1. The Labute approximate surface area is 152 Å². The molecule has 136 valence electrons. The molecule has 0 saturated carbocycles. The lowest BCUT2D eigenvalue weighted by Gasteiger charge is -2.54. The quantitative estimate of drug-likeness (QED) is 0.616. The number of esters is 1. The number of benzene rings is 1. The average molecular weight is 352 g/mol. The van der Waals surface area contributed by atoms with Gasteiger partial charge in [-0.2, -0.15) is 0 Å². The lowest BCUT2D eigenvalue weighted by molar-refractivity contribution is -0.152. The van der Waals surface area contributed by atoms with Gasteiger partial charge >= 0.3 is 5.97 Å². The molecule has 5 heteroatoms. The van der Waals surface area contributed by atoms with Crippen LogP contribution in [0.2, 0.25) is 0 Å². The molecule has 4 aliphatic rings. The number of hydrogen-bond donors (Lipinski definition) is 0. The molecular weight excluding hydrogens is 328 g/mol. The van der Waals surface area contributed by atoms with Crippen LogP contribution in [-0.2, 0) is 26.4 Å². The third kappa shape index (κ3) is 1.43. The van der Waals surface area contributed by atoms with Crippen molar-refractivity contribution in [2.24, 2.45) is 5.41 Å². The molecule has 0 aliphatic carbocycles. The first kappa shape index (κ1) is 15.2. The lowest BCUT2D eigenvalue weighted by atomic mass is 9.63. The van der Waals surface area contributed by atoms with Gasteiger partial charge in [0.15, 0.2) is 0 Å². The van der Waals surface area contributed by atoms with Gasteiger partial charge in [-0.1, -0.05) is 25.1 Å². The predicted octanol–water partition coefficient (Wildman–Crippen LogP) is 2.97. The summed E-state index contributed by atoms with van der Waals surface area (Å²) >= 11 is 0. The van der Waals surface area contributed by atoms with Crippen molar-refractivity contribution in [2.75, 3.05) is 20.2 Å². The van der Waals surface area contributed by atoms with E-state index in [0.29, 0.717) is 6.04 Å². The molecule has 1 aromatic heterocycles. The number of fused-ring (bicyclic) bond motifs is 6. The van der Waals surface area contributed by atoms with Gasteiger partial charge in [0.25, 0.3) is 5.72 Å². The van der Waals surface area contributed by atoms with Crippen molar-refractivity contribution in [2.45, 2.75) is 50.5 Å². The van der Waals surface area contributed by atoms with E-state index in [-0.39, 0.29) is 17.5 Å². The summed E-state index contributed by atoms with van der Waals surface area (Å²) in [5.41, 5.74) is 2.89. The van der Waals surface area contributed by atoms with Gasteiger partial charge in [0.1, 0.15) is 6.10 Å². The maximum Gasteiger partial charge on any atom is 0.363 e. The highest BCUT2D eigenvalue weighted by Crippen LogP contribution is 2.68. The van der Waals surface area contributed by atoms with E-state index in [1.807, 2.05) is 0 Å². The third-order valence-electron chi connectivity index (χ3n) is 7.51. The van der Waals surface area contributed by atoms with Crippen LogP contribution in [0.1, 0.15) is 43.5 Å². The minimum atomic E-state index is -0.963. The molecule has 0 bridgehead atoms. The van der Waals surface area contributed by atoms with E-state index in [9.17, 15) is 4.79 Å². The van der Waals surface area contributed by atoms with Crippen molar-refractivity contribution in [3.05, 3.63) is 35.5 Å². The summed E-state index contributed by atoms with van der Waals surface area (Å²) in [6.07, 6.45) is 4.28. The topological polar surface area (TPSA) is 47.0 Å². The van der Waals surface area contributed by atoms with Gasteiger partial charge in [-0.3, -0.25) is 4.90 Å². The van der Waals surface area contributed by atoms with E-state index in [1.165, 1.54) is 30.2 Å². The predicted molar refractivity (Wildman–Crippen MR) is 96.8 cm³/mol.